The number of hydrogen-bond acceptors (Lipinski definition) is 5. The Labute approximate surface area is 202 Å². The van der Waals surface area contributed by atoms with E-state index in [0.29, 0.717) is 23.8 Å². The zero-order valence-corrected chi connectivity index (χ0v) is 19.5. The van der Waals surface area contributed by atoms with E-state index in [4.69, 9.17) is 9.72 Å². The van der Waals surface area contributed by atoms with Crippen LogP contribution in [-0.2, 0) is 6.54 Å². The van der Waals surface area contributed by atoms with Crippen molar-refractivity contribution in [2.45, 2.75) is 13.5 Å². The van der Waals surface area contributed by atoms with Crippen LogP contribution in [0, 0.1) is 0 Å². The molecule has 2 heterocycles. The summed E-state index contributed by atoms with van der Waals surface area (Å²) < 4.78 is 6.74. The van der Waals surface area contributed by atoms with Crippen molar-refractivity contribution in [1.82, 2.24) is 9.97 Å². The van der Waals surface area contributed by atoms with Crippen molar-refractivity contribution in [3.05, 3.63) is 108 Å². The number of thiazole rings is 1. The number of carbonyl (C=O) groups is 1. The molecule has 0 aliphatic heterocycles. The van der Waals surface area contributed by atoms with Gasteiger partial charge in [0, 0.05) is 18.0 Å². The van der Waals surface area contributed by atoms with Gasteiger partial charge >= 0.3 is 0 Å². The maximum absolute atomic E-state index is 13.7. The fraction of sp³-hybridized carbons (Fsp3) is 0.107. The van der Waals surface area contributed by atoms with E-state index in [1.165, 1.54) is 11.3 Å². The van der Waals surface area contributed by atoms with Crippen LogP contribution >= 0.6 is 11.3 Å². The summed E-state index contributed by atoms with van der Waals surface area (Å²) >= 11 is 1.48. The third-order valence-corrected chi connectivity index (χ3v) is 6.49. The van der Waals surface area contributed by atoms with Gasteiger partial charge in [0.05, 0.1) is 17.9 Å². The van der Waals surface area contributed by atoms with Crippen LogP contribution in [-0.4, -0.2) is 22.5 Å². The van der Waals surface area contributed by atoms with Crippen LogP contribution < -0.4 is 9.64 Å². The molecule has 0 fully saturated rings. The van der Waals surface area contributed by atoms with Crippen LogP contribution in [0.2, 0.25) is 0 Å². The van der Waals surface area contributed by atoms with Gasteiger partial charge in [-0.3, -0.25) is 14.7 Å². The van der Waals surface area contributed by atoms with Crippen LogP contribution in [0.1, 0.15) is 22.8 Å². The number of aromatic nitrogens is 2. The van der Waals surface area contributed by atoms with Crippen LogP contribution in [0.25, 0.3) is 21.3 Å². The Morgan fingerprint density at radius 3 is 2.44 bits per heavy atom. The highest BCUT2D eigenvalue weighted by Gasteiger charge is 2.23. The minimum Gasteiger partial charge on any atom is -0.492 e. The van der Waals surface area contributed by atoms with E-state index < -0.39 is 0 Å². The number of ether oxygens (including phenoxy) is 1. The highest BCUT2D eigenvalue weighted by atomic mass is 32.1. The summed E-state index contributed by atoms with van der Waals surface area (Å²) in [4.78, 5) is 24.5. The molecule has 0 bridgehead atoms. The molecule has 34 heavy (non-hydrogen) atoms. The number of hydrogen-bond donors (Lipinski definition) is 0. The van der Waals surface area contributed by atoms with Gasteiger partial charge in [0.25, 0.3) is 5.91 Å². The molecule has 0 saturated carbocycles. The van der Waals surface area contributed by atoms with Crippen LogP contribution in [0.15, 0.2) is 97.3 Å². The number of fused-ring (bicyclic) bond motifs is 1. The molecule has 5 nitrogen and oxygen atoms in total. The number of amides is 1. The molecule has 0 aliphatic carbocycles. The lowest BCUT2D eigenvalue weighted by Crippen LogP contribution is -2.30. The summed E-state index contributed by atoms with van der Waals surface area (Å²) in [6.45, 7) is 2.87. The number of pyridine rings is 1. The minimum absolute atomic E-state index is 0.111. The zero-order valence-electron chi connectivity index (χ0n) is 18.7. The highest BCUT2D eigenvalue weighted by Crippen LogP contribution is 2.35. The van der Waals surface area contributed by atoms with Crippen molar-refractivity contribution in [2.75, 3.05) is 11.5 Å². The zero-order chi connectivity index (χ0) is 23.3. The summed E-state index contributed by atoms with van der Waals surface area (Å²) in [5.74, 6) is 0.615. The Morgan fingerprint density at radius 1 is 0.912 bits per heavy atom. The molecule has 5 rings (SSSR count). The number of para-hydroxylation sites is 1. The fourth-order valence-corrected chi connectivity index (χ4v) is 4.77. The molecule has 168 valence electrons. The average Bonchev–Trinajstić information content (AvgIpc) is 3.33. The first-order valence-corrected chi connectivity index (χ1v) is 11.9. The molecule has 0 aliphatic rings. The third kappa shape index (κ3) is 4.54. The molecular formula is C28H23N3O2S. The number of benzene rings is 3. The molecule has 6 heteroatoms. The van der Waals surface area contributed by atoms with Gasteiger partial charge in [-0.1, -0.05) is 65.9 Å². The molecule has 0 unspecified atom stereocenters. The third-order valence-electron chi connectivity index (χ3n) is 5.45. The first-order valence-electron chi connectivity index (χ1n) is 11.1. The van der Waals surface area contributed by atoms with Crippen molar-refractivity contribution in [3.8, 4) is 16.9 Å². The second-order valence-corrected chi connectivity index (χ2v) is 8.74. The Morgan fingerprint density at radius 2 is 1.71 bits per heavy atom. The number of anilines is 1. The summed E-state index contributed by atoms with van der Waals surface area (Å²) in [5, 5.41) is 0.628. The van der Waals surface area contributed by atoms with Gasteiger partial charge in [-0.2, -0.15) is 0 Å². The normalized spacial score (nSPS) is 10.9. The SMILES string of the molecule is CCOc1cccc2sc(N(Cc3cccnc3)C(=O)c3ccc(-c4ccccc4)cc3)nc12. The van der Waals surface area contributed by atoms with Crippen LogP contribution in [0.5, 0.6) is 5.75 Å². The number of nitrogens with zero attached hydrogens (tertiary/aromatic N) is 3. The van der Waals surface area contributed by atoms with Gasteiger partial charge in [0.15, 0.2) is 5.13 Å². The van der Waals surface area contributed by atoms with Crippen molar-refractivity contribution in [1.29, 1.82) is 0 Å². The monoisotopic (exact) mass is 465 g/mol. The van der Waals surface area contributed by atoms with E-state index in [2.05, 4.69) is 17.1 Å². The van der Waals surface area contributed by atoms with Crippen molar-refractivity contribution in [2.24, 2.45) is 0 Å². The summed E-state index contributed by atoms with van der Waals surface area (Å²) in [5.41, 5.74) is 4.49. The Kier molecular flexibility index (Phi) is 6.31. The van der Waals surface area contributed by atoms with Gasteiger partial charge in [-0.15, -0.1) is 0 Å². The van der Waals surface area contributed by atoms with Crippen molar-refractivity contribution in [3.63, 3.8) is 0 Å². The van der Waals surface area contributed by atoms with E-state index >= 15 is 0 Å². The predicted molar refractivity (Wildman–Crippen MR) is 137 cm³/mol. The molecule has 3 aromatic carbocycles. The molecule has 1 amide bonds. The largest absolute Gasteiger partial charge is 0.492 e. The summed E-state index contributed by atoms with van der Waals surface area (Å²) in [7, 11) is 0. The number of rotatable bonds is 7. The van der Waals surface area contributed by atoms with Gasteiger partial charge in [0.2, 0.25) is 0 Å². The summed E-state index contributed by atoms with van der Waals surface area (Å²) in [6, 6.07) is 27.5. The van der Waals surface area contributed by atoms with Crippen LogP contribution in [0.4, 0.5) is 5.13 Å². The Bertz CT molecular complexity index is 1400. The first-order chi connectivity index (χ1) is 16.7. The lowest BCUT2D eigenvalue weighted by atomic mass is 10.0. The molecular weight excluding hydrogens is 442 g/mol. The smallest absolute Gasteiger partial charge is 0.260 e. The lowest BCUT2D eigenvalue weighted by Gasteiger charge is -2.20. The van der Waals surface area contributed by atoms with Crippen LogP contribution in [0.3, 0.4) is 0 Å². The molecule has 2 aromatic heterocycles. The lowest BCUT2D eigenvalue weighted by molar-refractivity contribution is 0.0985. The van der Waals surface area contributed by atoms with Gasteiger partial charge < -0.3 is 4.74 Å². The Balaban J connectivity index is 1.52. The standard InChI is InChI=1S/C28H23N3O2S/c1-2-33-24-11-6-12-25-26(24)30-28(34-25)31(19-20-8-7-17-29-18-20)27(32)23-15-13-22(14-16-23)21-9-4-3-5-10-21/h3-18H,2,19H2,1H3. The maximum Gasteiger partial charge on any atom is 0.260 e. The quantitative estimate of drug-likeness (QED) is 0.272. The van der Waals surface area contributed by atoms with Gasteiger partial charge in [-0.25, -0.2) is 4.98 Å². The van der Waals surface area contributed by atoms with E-state index in [9.17, 15) is 4.79 Å². The second-order valence-electron chi connectivity index (χ2n) is 7.73. The molecule has 0 spiro atoms. The maximum atomic E-state index is 13.7. The minimum atomic E-state index is -0.111. The molecule has 5 aromatic rings. The molecule has 0 radical (unpaired) electrons. The van der Waals surface area contributed by atoms with Gasteiger partial charge in [0.1, 0.15) is 11.3 Å². The molecule has 0 saturated heterocycles. The molecule has 0 atom stereocenters. The molecule has 0 N–H and O–H groups in total. The predicted octanol–water partition coefficient (Wildman–Crippen LogP) is 6.60. The summed E-state index contributed by atoms with van der Waals surface area (Å²) in [6.07, 6.45) is 3.50. The Hall–Kier alpha value is -4.03. The van der Waals surface area contributed by atoms with E-state index in [0.717, 1.165) is 32.7 Å². The first kappa shape index (κ1) is 21.8. The topological polar surface area (TPSA) is 55.3 Å². The van der Waals surface area contributed by atoms with Crippen molar-refractivity contribution >= 4 is 32.6 Å². The van der Waals surface area contributed by atoms with E-state index in [1.807, 2.05) is 79.7 Å². The van der Waals surface area contributed by atoms with E-state index in [-0.39, 0.29) is 5.91 Å². The highest BCUT2D eigenvalue weighted by molar-refractivity contribution is 7.22. The fourth-order valence-electron chi connectivity index (χ4n) is 3.79. The second kappa shape index (κ2) is 9.85. The van der Waals surface area contributed by atoms with E-state index in [1.54, 1.807) is 17.3 Å². The van der Waals surface area contributed by atoms with Crippen molar-refractivity contribution < 1.29 is 9.53 Å². The average molecular weight is 466 g/mol. The van der Waals surface area contributed by atoms with Gasteiger partial charge in [-0.05, 0) is 53.9 Å². The number of carbonyl (C=O) groups excluding carboxylic acids is 1.